The minimum Gasteiger partial charge on any atom is -0.493 e. The topological polar surface area (TPSA) is 41.5 Å². The Labute approximate surface area is 104 Å². The lowest BCUT2D eigenvalue weighted by Crippen LogP contribution is -2.18. The van der Waals surface area contributed by atoms with Crippen LogP contribution >= 0.6 is 0 Å². The van der Waals surface area contributed by atoms with Crippen LogP contribution in [0, 0.1) is 5.92 Å². The first kappa shape index (κ1) is 14.0. The number of ether oxygens (including phenoxy) is 1. The fourth-order valence-electron chi connectivity index (χ4n) is 1.50. The van der Waals surface area contributed by atoms with Gasteiger partial charge in [-0.05, 0) is 30.2 Å². The summed E-state index contributed by atoms with van der Waals surface area (Å²) in [7, 11) is 0. The first-order chi connectivity index (χ1) is 8.22. The molecule has 0 aliphatic heterocycles. The number of nitrogens with one attached hydrogen (secondary N) is 1. The lowest BCUT2D eigenvalue weighted by Gasteiger charge is -2.09. The third kappa shape index (κ3) is 6.29. The average Bonchev–Trinajstić information content (AvgIpc) is 2.29. The molecular weight excluding hydrogens is 214 g/mol. The van der Waals surface area contributed by atoms with Crippen LogP contribution in [0.1, 0.15) is 25.8 Å². The van der Waals surface area contributed by atoms with Crippen LogP contribution in [0.25, 0.3) is 0 Å². The van der Waals surface area contributed by atoms with Crippen LogP contribution in [0.3, 0.4) is 0 Å². The third-order valence-electron chi connectivity index (χ3n) is 2.35. The molecule has 0 saturated carbocycles. The van der Waals surface area contributed by atoms with Gasteiger partial charge in [-0.25, -0.2) is 0 Å². The van der Waals surface area contributed by atoms with Crippen molar-refractivity contribution in [2.75, 3.05) is 19.8 Å². The van der Waals surface area contributed by atoms with Crippen LogP contribution in [0.4, 0.5) is 0 Å². The summed E-state index contributed by atoms with van der Waals surface area (Å²) in [5.41, 5.74) is 1.23. The molecule has 0 aliphatic rings. The summed E-state index contributed by atoms with van der Waals surface area (Å²) in [4.78, 5) is 0. The fraction of sp³-hybridized carbons (Fsp3) is 0.571. The molecule has 0 unspecified atom stereocenters. The van der Waals surface area contributed by atoms with Crippen LogP contribution < -0.4 is 10.1 Å². The molecule has 1 rings (SSSR count). The Kier molecular flexibility index (Phi) is 6.67. The van der Waals surface area contributed by atoms with Crippen LogP contribution in [0.2, 0.25) is 0 Å². The van der Waals surface area contributed by atoms with Crippen molar-refractivity contribution >= 4 is 0 Å². The number of hydrogen-bond acceptors (Lipinski definition) is 3. The second kappa shape index (κ2) is 8.09. The highest BCUT2D eigenvalue weighted by molar-refractivity contribution is 5.28. The highest BCUT2D eigenvalue weighted by Gasteiger charge is 1.98. The van der Waals surface area contributed by atoms with Gasteiger partial charge in [0.15, 0.2) is 0 Å². The van der Waals surface area contributed by atoms with Gasteiger partial charge in [0.05, 0.1) is 6.61 Å². The minimum absolute atomic E-state index is 0.176. The van der Waals surface area contributed by atoms with Gasteiger partial charge in [0.1, 0.15) is 5.75 Å². The van der Waals surface area contributed by atoms with E-state index in [9.17, 15) is 0 Å². The lowest BCUT2D eigenvalue weighted by atomic mass is 10.2. The second-order valence-electron chi connectivity index (χ2n) is 4.60. The monoisotopic (exact) mass is 237 g/mol. The Balaban J connectivity index is 2.37. The van der Waals surface area contributed by atoms with E-state index in [2.05, 4.69) is 25.2 Å². The molecule has 0 spiro atoms. The van der Waals surface area contributed by atoms with Crippen molar-refractivity contribution in [2.45, 2.75) is 26.8 Å². The zero-order valence-corrected chi connectivity index (χ0v) is 10.8. The molecule has 0 bridgehead atoms. The molecule has 0 fully saturated rings. The van der Waals surface area contributed by atoms with E-state index in [0.29, 0.717) is 18.9 Å². The number of rotatable bonds is 8. The van der Waals surface area contributed by atoms with Crippen molar-refractivity contribution in [2.24, 2.45) is 5.92 Å². The van der Waals surface area contributed by atoms with Gasteiger partial charge in [-0.15, -0.1) is 0 Å². The third-order valence-corrected chi connectivity index (χ3v) is 2.35. The van der Waals surface area contributed by atoms with E-state index in [1.165, 1.54) is 5.56 Å². The summed E-state index contributed by atoms with van der Waals surface area (Å²) in [5, 5.41) is 12.1. The minimum atomic E-state index is 0.176. The highest BCUT2D eigenvalue weighted by Crippen LogP contribution is 2.13. The van der Waals surface area contributed by atoms with Crippen LogP contribution in [0.5, 0.6) is 5.75 Å². The molecule has 0 aromatic heterocycles. The van der Waals surface area contributed by atoms with Crippen molar-refractivity contribution in [1.29, 1.82) is 0 Å². The van der Waals surface area contributed by atoms with Crippen LogP contribution in [-0.2, 0) is 6.54 Å². The predicted molar refractivity (Wildman–Crippen MR) is 70.2 cm³/mol. The fourth-order valence-corrected chi connectivity index (χ4v) is 1.50. The Morgan fingerprint density at radius 1 is 1.35 bits per heavy atom. The Bertz CT molecular complexity index is 313. The van der Waals surface area contributed by atoms with Gasteiger partial charge >= 0.3 is 0 Å². The summed E-state index contributed by atoms with van der Waals surface area (Å²) < 4.78 is 5.53. The summed E-state index contributed by atoms with van der Waals surface area (Å²) in [6.07, 6.45) is 0.676. The maximum atomic E-state index is 8.68. The number of benzene rings is 1. The summed E-state index contributed by atoms with van der Waals surface area (Å²) in [6.45, 7) is 7.03. The molecule has 3 heteroatoms. The molecule has 1 aromatic carbocycles. The van der Waals surface area contributed by atoms with E-state index >= 15 is 0 Å². The van der Waals surface area contributed by atoms with Gasteiger partial charge in [-0.2, -0.15) is 0 Å². The Morgan fingerprint density at radius 2 is 2.18 bits per heavy atom. The van der Waals surface area contributed by atoms with Gasteiger partial charge in [-0.1, -0.05) is 26.0 Å². The van der Waals surface area contributed by atoms with Crippen LogP contribution in [-0.4, -0.2) is 24.9 Å². The summed E-state index contributed by atoms with van der Waals surface area (Å²) in [5.74, 6) is 1.54. The standard InChI is InChI=1S/C14H23NO2/c1-12(2)10-15-11-13-5-3-6-14(9-13)17-8-4-7-16/h3,5-6,9,12,15-16H,4,7-8,10-11H2,1-2H3. The van der Waals surface area contributed by atoms with Crippen LogP contribution in [0.15, 0.2) is 24.3 Å². The summed E-state index contributed by atoms with van der Waals surface area (Å²) >= 11 is 0. The molecule has 0 aliphatic carbocycles. The first-order valence-electron chi connectivity index (χ1n) is 6.25. The van der Waals surface area contributed by atoms with Gasteiger partial charge in [-0.3, -0.25) is 0 Å². The first-order valence-corrected chi connectivity index (χ1v) is 6.25. The molecule has 96 valence electrons. The van der Waals surface area contributed by atoms with Crippen molar-refractivity contribution in [3.8, 4) is 5.75 Å². The van der Waals surface area contributed by atoms with E-state index in [1.54, 1.807) is 0 Å². The molecular formula is C14H23NO2. The molecule has 2 N–H and O–H groups in total. The van der Waals surface area contributed by atoms with E-state index in [-0.39, 0.29) is 6.61 Å². The normalized spacial score (nSPS) is 10.8. The zero-order valence-electron chi connectivity index (χ0n) is 10.8. The number of hydrogen-bond donors (Lipinski definition) is 2. The summed E-state index contributed by atoms with van der Waals surface area (Å²) in [6, 6.07) is 8.08. The lowest BCUT2D eigenvalue weighted by molar-refractivity contribution is 0.233. The molecule has 0 amide bonds. The van der Waals surface area contributed by atoms with Gasteiger partial charge in [0, 0.05) is 19.6 Å². The van der Waals surface area contributed by atoms with E-state index in [0.717, 1.165) is 18.8 Å². The predicted octanol–water partition coefficient (Wildman–Crippen LogP) is 2.19. The van der Waals surface area contributed by atoms with Gasteiger partial charge in [0.25, 0.3) is 0 Å². The van der Waals surface area contributed by atoms with Crippen molar-refractivity contribution in [3.63, 3.8) is 0 Å². The van der Waals surface area contributed by atoms with Crippen molar-refractivity contribution < 1.29 is 9.84 Å². The number of aliphatic hydroxyl groups is 1. The Hall–Kier alpha value is -1.06. The maximum absolute atomic E-state index is 8.68. The van der Waals surface area contributed by atoms with E-state index in [4.69, 9.17) is 9.84 Å². The second-order valence-corrected chi connectivity index (χ2v) is 4.60. The van der Waals surface area contributed by atoms with E-state index in [1.807, 2.05) is 18.2 Å². The number of aliphatic hydroxyl groups excluding tert-OH is 1. The molecule has 0 heterocycles. The molecule has 0 atom stereocenters. The molecule has 3 nitrogen and oxygen atoms in total. The quantitative estimate of drug-likeness (QED) is 0.681. The van der Waals surface area contributed by atoms with Gasteiger partial charge < -0.3 is 15.2 Å². The molecule has 1 aromatic rings. The van der Waals surface area contributed by atoms with E-state index < -0.39 is 0 Å². The average molecular weight is 237 g/mol. The van der Waals surface area contributed by atoms with Gasteiger partial charge in [0.2, 0.25) is 0 Å². The largest absolute Gasteiger partial charge is 0.493 e. The van der Waals surface area contributed by atoms with Crippen molar-refractivity contribution in [3.05, 3.63) is 29.8 Å². The SMILES string of the molecule is CC(C)CNCc1cccc(OCCCO)c1. The van der Waals surface area contributed by atoms with Crippen molar-refractivity contribution in [1.82, 2.24) is 5.32 Å². The molecule has 0 saturated heterocycles. The Morgan fingerprint density at radius 3 is 2.88 bits per heavy atom. The zero-order chi connectivity index (χ0) is 12.5. The molecule has 17 heavy (non-hydrogen) atoms. The maximum Gasteiger partial charge on any atom is 0.119 e. The highest BCUT2D eigenvalue weighted by atomic mass is 16.5. The smallest absolute Gasteiger partial charge is 0.119 e. The molecule has 0 radical (unpaired) electrons.